The Hall–Kier alpha value is -5.40. The topological polar surface area (TPSA) is 0 Å². The maximum Gasteiger partial charge on any atom is 0.243 e. The van der Waals surface area contributed by atoms with Crippen molar-refractivity contribution in [1.29, 1.82) is 0 Å². The lowest BCUT2D eigenvalue weighted by atomic mass is 9.32. The third kappa shape index (κ3) is 2.99. The number of fused-ring (bicyclic) bond motifs is 12. The van der Waals surface area contributed by atoms with Crippen LogP contribution in [0.5, 0.6) is 0 Å². The van der Waals surface area contributed by atoms with Crippen LogP contribution in [0.3, 0.4) is 0 Å². The SMILES string of the molecule is c1ccc(-c2ccc(-c3ccc4c(c3)C3(c5ccccc5B5c6ccccc6-c6cccc3c65)c3ccccc3-4)cc2)cc1. The molecule has 0 radical (unpaired) electrons. The van der Waals surface area contributed by atoms with E-state index in [1.165, 1.54) is 83.1 Å². The van der Waals surface area contributed by atoms with Crippen molar-refractivity contribution in [3.63, 3.8) is 0 Å². The highest BCUT2D eigenvalue weighted by Gasteiger charge is 2.54. The lowest BCUT2D eigenvalue weighted by molar-refractivity contribution is 0.776. The fourth-order valence-corrected chi connectivity index (χ4v) is 8.67. The minimum atomic E-state index is -0.383. The zero-order chi connectivity index (χ0) is 28.8. The van der Waals surface area contributed by atoms with Crippen molar-refractivity contribution < 1.29 is 0 Å². The zero-order valence-electron chi connectivity index (χ0n) is 24.2. The van der Waals surface area contributed by atoms with Gasteiger partial charge in [0, 0.05) is 0 Å². The average molecular weight is 555 g/mol. The van der Waals surface area contributed by atoms with Gasteiger partial charge in [0.1, 0.15) is 0 Å². The molecule has 1 unspecified atom stereocenters. The molecule has 202 valence electrons. The highest BCUT2D eigenvalue weighted by molar-refractivity contribution is 7.00. The van der Waals surface area contributed by atoms with Gasteiger partial charge < -0.3 is 0 Å². The van der Waals surface area contributed by atoms with Crippen LogP contribution in [0.4, 0.5) is 0 Å². The monoisotopic (exact) mass is 554 g/mol. The highest BCUT2D eigenvalue weighted by atomic mass is 14.5. The van der Waals surface area contributed by atoms with Crippen LogP contribution in [-0.2, 0) is 5.41 Å². The summed E-state index contributed by atoms with van der Waals surface area (Å²) in [6.07, 6.45) is 0. The van der Waals surface area contributed by atoms with Crippen LogP contribution in [0.15, 0.2) is 164 Å². The van der Waals surface area contributed by atoms with Crippen LogP contribution < -0.4 is 16.4 Å². The Morgan fingerprint density at radius 3 is 1.68 bits per heavy atom. The zero-order valence-corrected chi connectivity index (χ0v) is 24.2. The third-order valence-corrected chi connectivity index (χ3v) is 10.4. The molecule has 0 saturated heterocycles. The molecular weight excluding hydrogens is 527 g/mol. The van der Waals surface area contributed by atoms with E-state index >= 15 is 0 Å². The second kappa shape index (κ2) is 8.82. The van der Waals surface area contributed by atoms with Crippen LogP contribution in [0.1, 0.15) is 22.3 Å². The Bertz CT molecular complexity index is 2280. The van der Waals surface area contributed by atoms with Gasteiger partial charge in [-0.3, -0.25) is 0 Å². The van der Waals surface area contributed by atoms with Crippen LogP contribution >= 0.6 is 0 Å². The first-order valence-corrected chi connectivity index (χ1v) is 15.6. The van der Waals surface area contributed by atoms with Gasteiger partial charge in [-0.2, -0.15) is 0 Å². The summed E-state index contributed by atoms with van der Waals surface area (Å²) in [6, 6.07) is 61.3. The summed E-state index contributed by atoms with van der Waals surface area (Å²) >= 11 is 0. The number of benzene rings is 7. The lowest BCUT2D eigenvalue weighted by Crippen LogP contribution is -2.59. The highest BCUT2D eigenvalue weighted by Crippen LogP contribution is 2.57. The molecule has 1 heteroatoms. The largest absolute Gasteiger partial charge is 0.243 e. The summed E-state index contributed by atoms with van der Waals surface area (Å²) < 4.78 is 0. The number of hydrogen-bond acceptors (Lipinski definition) is 0. The molecule has 7 aromatic carbocycles. The Morgan fingerprint density at radius 1 is 0.318 bits per heavy atom. The fourth-order valence-electron chi connectivity index (χ4n) is 8.67. The van der Waals surface area contributed by atoms with E-state index in [4.69, 9.17) is 0 Å². The molecule has 3 aliphatic rings. The van der Waals surface area contributed by atoms with E-state index in [0.29, 0.717) is 0 Å². The fraction of sp³-hybridized carbons (Fsp3) is 0.0233. The van der Waals surface area contributed by atoms with E-state index in [9.17, 15) is 0 Å². The van der Waals surface area contributed by atoms with E-state index in [-0.39, 0.29) is 12.1 Å². The predicted molar refractivity (Wildman–Crippen MR) is 185 cm³/mol. The summed E-state index contributed by atoms with van der Waals surface area (Å²) in [5, 5.41) is 0. The Balaban J connectivity index is 1.26. The standard InChI is InChI=1S/C43H27B/c1-2-11-28(12-3-1)29-21-23-30(24-22-29)31-25-26-33-32-13-4-6-16-36(32)43(39(33)27-31)37-17-7-9-20-41(37)44-40-19-8-5-14-34(40)35-15-10-18-38(43)42(35)44/h1-27H. The summed E-state index contributed by atoms with van der Waals surface area (Å²) in [5.41, 5.74) is 20.0. The first-order valence-electron chi connectivity index (χ1n) is 15.6. The van der Waals surface area contributed by atoms with Crippen molar-refractivity contribution in [2.45, 2.75) is 5.41 Å². The first kappa shape index (κ1) is 24.1. The maximum absolute atomic E-state index is 2.49. The molecule has 1 aliphatic carbocycles. The third-order valence-electron chi connectivity index (χ3n) is 10.4. The van der Waals surface area contributed by atoms with Gasteiger partial charge in [-0.1, -0.05) is 174 Å². The number of hydrogen-bond donors (Lipinski definition) is 0. The molecule has 1 atom stereocenters. The van der Waals surface area contributed by atoms with E-state index in [2.05, 4.69) is 164 Å². The molecular formula is C43H27B. The molecule has 0 amide bonds. The molecule has 1 spiro atoms. The van der Waals surface area contributed by atoms with E-state index in [1.807, 2.05) is 0 Å². The van der Waals surface area contributed by atoms with Gasteiger partial charge in [-0.25, -0.2) is 0 Å². The maximum atomic E-state index is 2.49. The molecule has 0 fully saturated rings. The second-order valence-electron chi connectivity index (χ2n) is 12.4. The molecule has 0 N–H and O–H groups in total. The molecule has 0 aromatic heterocycles. The van der Waals surface area contributed by atoms with E-state index < -0.39 is 0 Å². The van der Waals surface area contributed by atoms with Gasteiger partial charge in [-0.05, 0) is 72.8 Å². The minimum absolute atomic E-state index is 0.254. The second-order valence-corrected chi connectivity index (χ2v) is 12.4. The van der Waals surface area contributed by atoms with Gasteiger partial charge >= 0.3 is 0 Å². The van der Waals surface area contributed by atoms with Crippen molar-refractivity contribution >= 4 is 23.1 Å². The van der Waals surface area contributed by atoms with Crippen LogP contribution in [0.2, 0.25) is 0 Å². The Kier molecular flexibility index (Phi) is 4.83. The summed E-state index contributed by atoms with van der Waals surface area (Å²) in [7, 11) is 0. The van der Waals surface area contributed by atoms with Crippen molar-refractivity contribution in [2.24, 2.45) is 0 Å². The molecule has 44 heavy (non-hydrogen) atoms. The Morgan fingerprint density at radius 2 is 0.864 bits per heavy atom. The molecule has 0 nitrogen and oxygen atoms in total. The van der Waals surface area contributed by atoms with Crippen LogP contribution in [0.25, 0.3) is 44.5 Å². The molecule has 0 saturated carbocycles. The van der Waals surface area contributed by atoms with Gasteiger partial charge in [0.25, 0.3) is 0 Å². The lowest BCUT2D eigenvalue weighted by Gasteiger charge is -2.42. The quantitative estimate of drug-likeness (QED) is 0.189. The van der Waals surface area contributed by atoms with Gasteiger partial charge in [-0.15, -0.1) is 0 Å². The normalized spacial score (nSPS) is 16.2. The number of rotatable bonds is 2. The van der Waals surface area contributed by atoms with E-state index in [0.717, 1.165) is 0 Å². The summed E-state index contributed by atoms with van der Waals surface area (Å²) in [6.45, 7) is 0.254. The van der Waals surface area contributed by atoms with Crippen molar-refractivity contribution in [1.82, 2.24) is 0 Å². The molecule has 2 heterocycles. The molecule has 10 rings (SSSR count). The van der Waals surface area contributed by atoms with Crippen LogP contribution in [0, 0.1) is 0 Å². The van der Waals surface area contributed by atoms with Gasteiger partial charge in [0.05, 0.1) is 5.41 Å². The van der Waals surface area contributed by atoms with Crippen molar-refractivity contribution in [2.75, 3.05) is 0 Å². The molecule has 7 aromatic rings. The summed E-state index contributed by atoms with van der Waals surface area (Å²) in [4.78, 5) is 0. The predicted octanol–water partition coefficient (Wildman–Crippen LogP) is 8.19. The average Bonchev–Trinajstić information content (AvgIpc) is 3.59. The first-order chi connectivity index (χ1) is 21.8. The van der Waals surface area contributed by atoms with E-state index in [1.54, 1.807) is 0 Å². The van der Waals surface area contributed by atoms with Crippen LogP contribution in [-0.4, -0.2) is 6.71 Å². The molecule has 0 bridgehead atoms. The smallest absolute Gasteiger partial charge is 0.0666 e. The van der Waals surface area contributed by atoms with Crippen molar-refractivity contribution in [3.05, 3.63) is 186 Å². The summed E-state index contributed by atoms with van der Waals surface area (Å²) in [5.74, 6) is 0. The van der Waals surface area contributed by atoms with Gasteiger partial charge in [0.2, 0.25) is 6.71 Å². The molecule has 2 aliphatic heterocycles. The van der Waals surface area contributed by atoms with Gasteiger partial charge in [0.15, 0.2) is 0 Å². The minimum Gasteiger partial charge on any atom is -0.0666 e. The Labute approximate surface area is 258 Å². The van der Waals surface area contributed by atoms with Crippen molar-refractivity contribution in [3.8, 4) is 44.5 Å².